The molecule has 88 valence electrons. The molecule has 17 heavy (non-hydrogen) atoms. The van der Waals surface area contributed by atoms with Crippen LogP contribution < -0.4 is 5.32 Å². The van der Waals surface area contributed by atoms with Crippen molar-refractivity contribution in [1.29, 1.82) is 0 Å². The quantitative estimate of drug-likeness (QED) is 0.932. The average Bonchev–Trinajstić information content (AvgIpc) is 2.34. The number of nitrogens with one attached hydrogen (secondary N) is 1. The van der Waals surface area contributed by atoms with E-state index in [2.05, 4.69) is 44.4 Å². The molecule has 0 fully saturated rings. The molecular formula is C13H13BrN2S. The zero-order valence-corrected chi connectivity index (χ0v) is 11.9. The summed E-state index contributed by atoms with van der Waals surface area (Å²) in [6, 6.07) is 12.3. The molecule has 2 nitrogen and oxygen atoms in total. The number of nitrogens with zero attached hydrogens (tertiary/aromatic N) is 1. The van der Waals surface area contributed by atoms with Gasteiger partial charge < -0.3 is 5.32 Å². The largest absolute Gasteiger partial charge is 0.316 e. The van der Waals surface area contributed by atoms with Gasteiger partial charge in [0.2, 0.25) is 0 Å². The van der Waals surface area contributed by atoms with Gasteiger partial charge in [0.1, 0.15) is 5.03 Å². The van der Waals surface area contributed by atoms with Gasteiger partial charge in [-0.3, -0.25) is 0 Å². The average molecular weight is 309 g/mol. The van der Waals surface area contributed by atoms with Crippen LogP contribution in [0.15, 0.2) is 57.0 Å². The molecule has 0 bridgehead atoms. The molecule has 0 atom stereocenters. The van der Waals surface area contributed by atoms with Gasteiger partial charge in [-0.15, -0.1) is 0 Å². The molecule has 1 N–H and O–H groups in total. The number of benzene rings is 1. The van der Waals surface area contributed by atoms with E-state index in [4.69, 9.17) is 0 Å². The second-order valence-electron chi connectivity index (χ2n) is 3.57. The van der Waals surface area contributed by atoms with Crippen LogP contribution in [-0.4, -0.2) is 12.0 Å². The molecule has 0 radical (unpaired) electrons. The first kappa shape index (κ1) is 12.6. The number of rotatable bonds is 4. The number of hydrogen-bond donors (Lipinski definition) is 1. The molecule has 0 spiro atoms. The van der Waals surface area contributed by atoms with Gasteiger partial charge in [-0.05, 0) is 52.8 Å². The fourth-order valence-electron chi connectivity index (χ4n) is 1.46. The lowest BCUT2D eigenvalue weighted by Gasteiger charge is -2.06. The van der Waals surface area contributed by atoms with Crippen molar-refractivity contribution in [1.82, 2.24) is 10.3 Å². The van der Waals surface area contributed by atoms with E-state index in [-0.39, 0.29) is 0 Å². The highest BCUT2D eigenvalue weighted by Crippen LogP contribution is 2.32. The number of hydrogen-bond acceptors (Lipinski definition) is 3. The fourth-order valence-corrected chi connectivity index (χ4v) is 2.91. The minimum absolute atomic E-state index is 0.882. The number of aromatic nitrogens is 1. The van der Waals surface area contributed by atoms with Crippen molar-refractivity contribution >= 4 is 27.7 Å². The second kappa shape index (κ2) is 6.19. The summed E-state index contributed by atoms with van der Waals surface area (Å²) in [6.45, 7) is 0.882. The third kappa shape index (κ3) is 3.56. The van der Waals surface area contributed by atoms with Crippen LogP contribution in [0.5, 0.6) is 0 Å². The minimum atomic E-state index is 0.882. The third-order valence-electron chi connectivity index (χ3n) is 2.23. The standard InChI is InChI=1S/C13H13BrN2S/c1-15-9-10-5-6-12(11(14)8-10)17-13-4-2-3-7-16-13/h2-8,15H,9H2,1H3. The molecule has 0 unspecified atom stereocenters. The first-order valence-electron chi connectivity index (χ1n) is 5.31. The Bertz CT molecular complexity index is 488. The molecule has 1 aromatic heterocycles. The predicted octanol–water partition coefficient (Wildman–Crippen LogP) is 3.71. The summed E-state index contributed by atoms with van der Waals surface area (Å²) < 4.78 is 1.11. The molecule has 0 aliphatic rings. The summed E-state index contributed by atoms with van der Waals surface area (Å²) >= 11 is 5.26. The van der Waals surface area contributed by atoms with Gasteiger partial charge in [0.15, 0.2) is 0 Å². The van der Waals surface area contributed by atoms with Crippen molar-refractivity contribution in [3.63, 3.8) is 0 Å². The van der Waals surface area contributed by atoms with Gasteiger partial charge in [0, 0.05) is 22.1 Å². The summed E-state index contributed by atoms with van der Waals surface area (Å²) in [5.74, 6) is 0. The minimum Gasteiger partial charge on any atom is -0.316 e. The summed E-state index contributed by atoms with van der Waals surface area (Å²) in [7, 11) is 1.95. The van der Waals surface area contributed by atoms with Gasteiger partial charge in [-0.25, -0.2) is 4.98 Å². The van der Waals surface area contributed by atoms with Crippen molar-refractivity contribution < 1.29 is 0 Å². The van der Waals surface area contributed by atoms with Crippen LogP contribution in [0.25, 0.3) is 0 Å². The highest BCUT2D eigenvalue weighted by molar-refractivity contribution is 9.10. The maximum Gasteiger partial charge on any atom is 0.101 e. The molecule has 0 aliphatic heterocycles. The van der Waals surface area contributed by atoms with E-state index in [1.807, 2.05) is 31.4 Å². The van der Waals surface area contributed by atoms with Crippen LogP contribution in [0.2, 0.25) is 0 Å². The Hall–Kier alpha value is -0.840. The summed E-state index contributed by atoms with van der Waals surface area (Å²) in [6.07, 6.45) is 1.81. The molecular weight excluding hydrogens is 296 g/mol. The zero-order chi connectivity index (χ0) is 12.1. The van der Waals surface area contributed by atoms with Gasteiger partial charge in [0.25, 0.3) is 0 Å². The van der Waals surface area contributed by atoms with Crippen LogP contribution in [-0.2, 0) is 6.54 Å². The Kier molecular flexibility index (Phi) is 4.59. The monoisotopic (exact) mass is 308 g/mol. The van der Waals surface area contributed by atoms with Gasteiger partial charge in [0.05, 0.1) is 0 Å². The molecule has 0 saturated carbocycles. The molecule has 2 aromatic rings. The Morgan fingerprint density at radius 2 is 2.18 bits per heavy atom. The first-order chi connectivity index (χ1) is 8.29. The lowest BCUT2D eigenvalue weighted by atomic mass is 10.2. The summed E-state index contributed by atoms with van der Waals surface area (Å²) in [5.41, 5.74) is 1.27. The maximum atomic E-state index is 4.30. The Balaban J connectivity index is 2.17. The molecule has 1 heterocycles. The smallest absolute Gasteiger partial charge is 0.101 e. The van der Waals surface area contributed by atoms with Gasteiger partial charge in [-0.1, -0.05) is 23.9 Å². The Morgan fingerprint density at radius 3 is 2.82 bits per heavy atom. The summed E-state index contributed by atoms with van der Waals surface area (Å²) in [5, 5.41) is 4.15. The van der Waals surface area contributed by atoms with E-state index >= 15 is 0 Å². The van der Waals surface area contributed by atoms with Crippen molar-refractivity contribution in [2.45, 2.75) is 16.5 Å². The second-order valence-corrected chi connectivity index (χ2v) is 5.48. The molecule has 0 aliphatic carbocycles. The van der Waals surface area contributed by atoms with E-state index in [1.54, 1.807) is 11.8 Å². The Labute approximate surface area is 114 Å². The molecule has 4 heteroatoms. The highest BCUT2D eigenvalue weighted by atomic mass is 79.9. The van der Waals surface area contributed by atoms with Crippen LogP contribution in [0.3, 0.4) is 0 Å². The van der Waals surface area contributed by atoms with Crippen LogP contribution >= 0.6 is 27.7 Å². The van der Waals surface area contributed by atoms with E-state index in [1.165, 1.54) is 10.5 Å². The normalized spacial score (nSPS) is 10.5. The lowest BCUT2D eigenvalue weighted by Crippen LogP contribution is -2.04. The van der Waals surface area contributed by atoms with E-state index in [0.717, 1.165) is 16.0 Å². The maximum absolute atomic E-state index is 4.30. The van der Waals surface area contributed by atoms with Gasteiger partial charge in [-0.2, -0.15) is 0 Å². The predicted molar refractivity (Wildman–Crippen MR) is 75.3 cm³/mol. The highest BCUT2D eigenvalue weighted by Gasteiger charge is 2.04. The fraction of sp³-hybridized carbons (Fsp3) is 0.154. The van der Waals surface area contributed by atoms with Crippen molar-refractivity contribution in [2.75, 3.05) is 7.05 Å². The van der Waals surface area contributed by atoms with Crippen molar-refractivity contribution in [3.05, 3.63) is 52.6 Å². The van der Waals surface area contributed by atoms with Crippen LogP contribution in [0, 0.1) is 0 Å². The lowest BCUT2D eigenvalue weighted by molar-refractivity contribution is 0.816. The third-order valence-corrected chi connectivity index (χ3v) is 4.17. The van der Waals surface area contributed by atoms with Crippen LogP contribution in [0.4, 0.5) is 0 Å². The van der Waals surface area contributed by atoms with Gasteiger partial charge >= 0.3 is 0 Å². The van der Waals surface area contributed by atoms with E-state index in [0.29, 0.717) is 0 Å². The SMILES string of the molecule is CNCc1ccc(Sc2ccccn2)c(Br)c1. The van der Waals surface area contributed by atoms with Crippen LogP contribution in [0.1, 0.15) is 5.56 Å². The molecule has 0 amide bonds. The zero-order valence-electron chi connectivity index (χ0n) is 9.48. The topological polar surface area (TPSA) is 24.9 Å². The molecule has 1 aromatic carbocycles. The van der Waals surface area contributed by atoms with Crippen molar-refractivity contribution in [3.8, 4) is 0 Å². The number of halogens is 1. The molecule has 2 rings (SSSR count). The van der Waals surface area contributed by atoms with E-state index in [9.17, 15) is 0 Å². The first-order valence-corrected chi connectivity index (χ1v) is 6.92. The van der Waals surface area contributed by atoms with Crippen molar-refractivity contribution in [2.24, 2.45) is 0 Å². The summed E-state index contributed by atoms with van der Waals surface area (Å²) in [4.78, 5) is 5.49. The molecule has 0 saturated heterocycles. The Morgan fingerprint density at radius 1 is 1.29 bits per heavy atom. The number of pyridine rings is 1. The van der Waals surface area contributed by atoms with E-state index < -0.39 is 0 Å².